The van der Waals surface area contributed by atoms with Crippen LogP contribution in [0.2, 0.25) is 0 Å². The molecule has 2 heterocycles. The van der Waals surface area contributed by atoms with Crippen molar-refractivity contribution in [2.24, 2.45) is 0 Å². The molecular weight excluding hydrogens is 186 g/mol. The molecule has 0 saturated carbocycles. The first-order valence-corrected chi connectivity index (χ1v) is 5.77. The van der Waals surface area contributed by atoms with E-state index in [4.69, 9.17) is 0 Å². The molecule has 0 aromatic carbocycles. The van der Waals surface area contributed by atoms with Crippen LogP contribution in [-0.2, 0) is 6.42 Å². The number of nitrogens with one attached hydrogen (secondary N) is 1. The minimum Gasteiger partial charge on any atom is -0.315 e. The topological polar surface area (TPSA) is 28.2 Å². The predicted molar refractivity (Wildman–Crippen MR) is 61.9 cm³/mol. The summed E-state index contributed by atoms with van der Waals surface area (Å²) in [4.78, 5) is 6.57. The van der Waals surface area contributed by atoms with E-state index in [1.165, 1.54) is 38.2 Å². The van der Waals surface area contributed by atoms with Gasteiger partial charge in [-0.2, -0.15) is 0 Å². The first kappa shape index (κ1) is 10.6. The van der Waals surface area contributed by atoms with E-state index >= 15 is 0 Å². The fraction of sp³-hybridized carbons (Fsp3) is 0.583. The van der Waals surface area contributed by atoms with E-state index in [0.29, 0.717) is 0 Å². The molecule has 1 aliphatic heterocycles. The van der Waals surface area contributed by atoms with Gasteiger partial charge in [-0.1, -0.05) is 0 Å². The monoisotopic (exact) mass is 205 g/mol. The highest BCUT2D eigenvalue weighted by Crippen LogP contribution is 2.01. The number of nitrogens with zero attached hydrogens (tertiary/aromatic N) is 2. The third-order valence-corrected chi connectivity index (χ3v) is 2.90. The molecule has 0 bridgehead atoms. The van der Waals surface area contributed by atoms with Crippen molar-refractivity contribution in [2.75, 3.05) is 32.7 Å². The van der Waals surface area contributed by atoms with Gasteiger partial charge < -0.3 is 10.2 Å². The van der Waals surface area contributed by atoms with Crippen molar-refractivity contribution >= 4 is 0 Å². The van der Waals surface area contributed by atoms with E-state index in [1.54, 1.807) is 0 Å². The van der Waals surface area contributed by atoms with Gasteiger partial charge in [-0.3, -0.25) is 4.98 Å². The molecule has 1 aliphatic rings. The molecule has 0 atom stereocenters. The van der Waals surface area contributed by atoms with Gasteiger partial charge in [0.25, 0.3) is 0 Å². The zero-order chi connectivity index (χ0) is 10.3. The zero-order valence-corrected chi connectivity index (χ0v) is 9.15. The van der Waals surface area contributed by atoms with E-state index in [0.717, 1.165) is 13.0 Å². The largest absolute Gasteiger partial charge is 0.315 e. The molecule has 82 valence electrons. The van der Waals surface area contributed by atoms with Crippen LogP contribution in [0.5, 0.6) is 0 Å². The first-order chi connectivity index (χ1) is 7.45. The smallest absolute Gasteiger partial charge is 0.0270 e. The molecule has 1 saturated heterocycles. The van der Waals surface area contributed by atoms with Gasteiger partial charge in [0.1, 0.15) is 0 Å². The maximum Gasteiger partial charge on any atom is 0.0270 e. The van der Waals surface area contributed by atoms with Crippen LogP contribution in [0.1, 0.15) is 12.0 Å². The van der Waals surface area contributed by atoms with E-state index in [-0.39, 0.29) is 0 Å². The molecule has 0 radical (unpaired) electrons. The Balaban J connectivity index is 1.77. The summed E-state index contributed by atoms with van der Waals surface area (Å²) in [5.41, 5.74) is 1.39. The Kier molecular flexibility index (Phi) is 4.11. The summed E-state index contributed by atoms with van der Waals surface area (Å²) in [6, 6.07) is 4.21. The van der Waals surface area contributed by atoms with Gasteiger partial charge >= 0.3 is 0 Å². The van der Waals surface area contributed by atoms with Crippen LogP contribution in [0, 0.1) is 0 Å². The molecule has 1 N–H and O–H groups in total. The number of pyridine rings is 1. The fourth-order valence-electron chi connectivity index (χ4n) is 1.96. The van der Waals surface area contributed by atoms with Crippen molar-refractivity contribution in [3.05, 3.63) is 30.1 Å². The zero-order valence-electron chi connectivity index (χ0n) is 9.15. The number of aromatic nitrogens is 1. The van der Waals surface area contributed by atoms with E-state index < -0.39 is 0 Å². The minimum absolute atomic E-state index is 1.14. The molecule has 0 aliphatic carbocycles. The van der Waals surface area contributed by atoms with Crippen LogP contribution in [0.15, 0.2) is 24.5 Å². The molecule has 3 heteroatoms. The highest BCUT2D eigenvalue weighted by molar-refractivity contribution is 5.09. The molecule has 3 nitrogen and oxygen atoms in total. The molecule has 0 spiro atoms. The van der Waals surface area contributed by atoms with Gasteiger partial charge in [-0.05, 0) is 43.6 Å². The molecule has 1 aromatic rings. The summed E-state index contributed by atoms with van der Waals surface area (Å²) in [6.07, 6.45) is 6.16. The normalized spacial score (nSPS) is 18.7. The van der Waals surface area contributed by atoms with Crippen LogP contribution in [0.4, 0.5) is 0 Å². The van der Waals surface area contributed by atoms with E-state index in [2.05, 4.69) is 27.3 Å². The molecule has 1 aromatic heterocycles. The maximum atomic E-state index is 4.03. The van der Waals surface area contributed by atoms with Crippen LogP contribution in [0.25, 0.3) is 0 Å². The molecule has 15 heavy (non-hydrogen) atoms. The molecule has 2 rings (SSSR count). The lowest BCUT2D eigenvalue weighted by molar-refractivity contribution is 0.296. The van der Waals surface area contributed by atoms with Crippen LogP contribution in [-0.4, -0.2) is 42.6 Å². The fourth-order valence-corrected chi connectivity index (χ4v) is 1.96. The standard InChI is InChI=1S/C12H19N3/c1-5-13-8-11-15(9-1)10-4-12-2-6-14-7-3-12/h2-3,6-7,13H,1,4-5,8-11H2. The lowest BCUT2D eigenvalue weighted by Crippen LogP contribution is -2.30. The lowest BCUT2D eigenvalue weighted by Gasteiger charge is -2.18. The van der Waals surface area contributed by atoms with E-state index in [9.17, 15) is 0 Å². The Bertz CT molecular complexity index is 265. The van der Waals surface area contributed by atoms with Crippen molar-refractivity contribution < 1.29 is 0 Å². The van der Waals surface area contributed by atoms with Gasteiger partial charge in [0.15, 0.2) is 0 Å². The molecule has 0 unspecified atom stereocenters. The van der Waals surface area contributed by atoms with Crippen molar-refractivity contribution in [1.29, 1.82) is 0 Å². The summed E-state index contributed by atoms with van der Waals surface area (Å²) in [7, 11) is 0. The number of hydrogen-bond acceptors (Lipinski definition) is 3. The molecule has 0 amide bonds. The van der Waals surface area contributed by atoms with Gasteiger partial charge in [0.05, 0.1) is 0 Å². The second-order valence-electron chi connectivity index (χ2n) is 4.05. The SMILES string of the molecule is c1cc(CCN2CCCNCC2)ccn1. The Morgan fingerprint density at radius 1 is 1.20 bits per heavy atom. The Hall–Kier alpha value is -0.930. The minimum atomic E-state index is 1.14. The Labute approximate surface area is 91.5 Å². The van der Waals surface area contributed by atoms with Crippen LogP contribution in [0.3, 0.4) is 0 Å². The molecular formula is C12H19N3. The van der Waals surface area contributed by atoms with Gasteiger partial charge in [0.2, 0.25) is 0 Å². The van der Waals surface area contributed by atoms with Gasteiger partial charge in [-0.15, -0.1) is 0 Å². The van der Waals surface area contributed by atoms with Gasteiger partial charge in [0, 0.05) is 32.0 Å². The van der Waals surface area contributed by atoms with Crippen molar-refractivity contribution in [3.63, 3.8) is 0 Å². The third kappa shape index (κ3) is 3.61. The predicted octanol–water partition coefficient (Wildman–Crippen LogP) is 0.919. The average Bonchev–Trinajstić information content (AvgIpc) is 2.56. The number of hydrogen-bond donors (Lipinski definition) is 1. The Morgan fingerprint density at radius 2 is 2.07 bits per heavy atom. The van der Waals surface area contributed by atoms with Crippen LogP contribution < -0.4 is 5.32 Å². The van der Waals surface area contributed by atoms with Crippen molar-refractivity contribution in [3.8, 4) is 0 Å². The summed E-state index contributed by atoms with van der Waals surface area (Å²) in [5.74, 6) is 0. The first-order valence-electron chi connectivity index (χ1n) is 5.77. The van der Waals surface area contributed by atoms with Crippen molar-refractivity contribution in [1.82, 2.24) is 15.2 Å². The average molecular weight is 205 g/mol. The summed E-state index contributed by atoms with van der Waals surface area (Å²) < 4.78 is 0. The second kappa shape index (κ2) is 5.83. The summed E-state index contributed by atoms with van der Waals surface area (Å²) in [6.45, 7) is 5.90. The number of rotatable bonds is 3. The highest BCUT2D eigenvalue weighted by atomic mass is 15.1. The van der Waals surface area contributed by atoms with Crippen molar-refractivity contribution in [2.45, 2.75) is 12.8 Å². The highest BCUT2D eigenvalue weighted by Gasteiger charge is 2.07. The lowest BCUT2D eigenvalue weighted by atomic mass is 10.2. The quantitative estimate of drug-likeness (QED) is 0.795. The third-order valence-electron chi connectivity index (χ3n) is 2.90. The van der Waals surface area contributed by atoms with Gasteiger partial charge in [-0.25, -0.2) is 0 Å². The summed E-state index contributed by atoms with van der Waals surface area (Å²) >= 11 is 0. The summed E-state index contributed by atoms with van der Waals surface area (Å²) in [5, 5.41) is 3.42. The van der Waals surface area contributed by atoms with Crippen LogP contribution >= 0.6 is 0 Å². The molecule has 1 fully saturated rings. The maximum absolute atomic E-state index is 4.03. The Morgan fingerprint density at radius 3 is 2.93 bits per heavy atom. The van der Waals surface area contributed by atoms with E-state index in [1.807, 2.05) is 12.4 Å². The second-order valence-corrected chi connectivity index (χ2v) is 4.05.